The molecule has 0 atom stereocenters. The fourth-order valence-electron chi connectivity index (χ4n) is 3.22. The fourth-order valence-corrected chi connectivity index (χ4v) is 3.22. The molecule has 6 heteroatoms. The van der Waals surface area contributed by atoms with Crippen LogP contribution in [0.3, 0.4) is 0 Å². The average Bonchev–Trinajstić information content (AvgIpc) is 2.67. The number of anilines is 1. The second kappa shape index (κ2) is 8.75. The molecule has 0 radical (unpaired) electrons. The molecule has 3 rings (SSSR count). The Morgan fingerprint density at radius 1 is 1.11 bits per heavy atom. The largest absolute Gasteiger partial charge is 0.492 e. The number of carbonyl (C=O) groups is 1. The van der Waals surface area contributed by atoms with E-state index >= 15 is 0 Å². The summed E-state index contributed by atoms with van der Waals surface area (Å²) in [4.78, 5) is 16.5. The van der Waals surface area contributed by atoms with Crippen LogP contribution in [0.25, 0.3) is 0 Å². The molecule has 0 spiro atoms. The predicted molar refractivity (Wildman–Crippen MR) is 105 cm³/mol. The van der Waals surface area contributed by atoms with Gasteiger partial charge in [-0.2, -0.15) is 0 Å². The molecule has 0 saturated carbocycles. The molecule has 2 aromatic rings. The van der Waals surface area contributed by atoms with Crippen LogP contribution >= 0.6 is 0 Å². The number of urea groups is 1. The van der Waals surface area contributed by atoms with E-state index in [9.17, 15) is 9.18 Å². The monoisotopic (exact) mass is 371 g/mol. The zero-order valence-corrected chi connectivity index (χ0v) is 15.9. The van der Waals surface area contributed by atoms with E-state index < -0.39 is 0 Å². The molecule has 1 fully saturated rings. The Labute approximate surface area is 159 Å². The molecule has 1 heterocycles. The zero-order valence-electron chi connectivity index (χ0n) is 15.9. The minimum absolute atomic E-state index is 0.0848. The second-order valence-corrected chi connectivity index (χ2v) is 6.73. The number of benzene rings is 2. The van der Waals surface area contributed by atoms with Crippen molar-refractivity contribution in [2.45, 2.75) is 13.8 Å². The first-order valence-corrected chi connectivity index (χ1v) is 9.27. The first-order valence-electron chi connectivity index (χ1n) is 9.27. The molecule has 0 bridgehead atoms. The first kappa shape index (κ1) is 19.0. The van der Waals surface area contributed by atoms with Gasteiger partial charge in [0.25, 0.3) is 0 Å². The first-order chi connectivity index (χ1) is 13.0. The van der Waals surface area contributed by atoms with Crippen LogP contribution < -0.4 is 15.0 Å². The molecule has 27 heavy (non-hydrogen) atoms. The Morgan fingerprint density at radius 2 is 1.85 bits per heavy atom. The number of hydrogen-bond donors (Lipinski definition) is 1. The maximum absolute atomic E-state index is 13.1. The summed E-state index contributed by atoms with van der Waals surface area (Å²) in [5.41, 5.74) is 3.83. The van der Waals surface area contributed by atoms with E-state index in [1.54, 1.807) is 12.1 Å². The summed E-state index contributed by atoms with van der Waals surface area (Å²) < 4.78 is 18.5. The number of amides is 2. The number of halogens is 1. The van der Waals surface area contributed by atoms with Crippen LogP contribution in [0, 0.1) is 19.7 Å². The third-order valence-corrected chi connectivity index (χ3v) is 4.93. The SMILES string of the molecule is Cc1cccc(N2CCN(C(=O)NCCOc3cccc(F)c3)CC2)c1C. The van der Waals surface area contributed by atoms with E-state index in [4.69, 9.17) is 4.74 Å². The Hall–Kier alpha value is -2.76. The van der Waals surface area contributed by atoms with Crippen LogP contribution in [0.5, 0.6) is 5.75 Å². The van der Waals surface area contributed by atoms with Crippen molar-refractivity contribution in [1.29, 1.82) is 0 Å². The molecule has 1 saturated heterocycles. The van der Waals surface area contributed by atoms with Gasteiger partial charge in [-0.05, 0) is 43.2 Å². The third-order valence-electron chi connectivity index (χ3n) is 4.93. The van der Waals surface area contributed by atoms with E-state index in [1.807, 2.05) is 4.90 Å². The van der Waals surface area contributed by atoms with Gasteiger partial charge in [0.05, 0.1) is 6.54 Å². The van der Waals surface area contributed by atoms with Crippen LogP contribution in [0.4, 0.5) is 14.9 Å². The molecule has 0 aliphatic carbocycles. The van der Waals surface area contributed by atoms with Crippen molar-refractivity contribution in [3.8, 4) is 5.75 Å². The Balaban J connectivity index is 1.41. The number of ether oxygens (including phenoxy) is 1. The summed E-state index contributed by atoms with van der Waals surface area (Å²) >= 11 is 0. The van der Waals surface area contributed by atoms with Gasteiger partial charge in [0.1, 0.15) is 18.2 Å². The minimum atomic E-state index is -0.335. The Morgan fingerprint density at radius 3 is 2.59 bits per heavy atom. The maximum atomic E-state index is 13.1. The smallest absolute Gasteiger partial charge is 0.317 e. The van der Waals surface area contributed by atoms with Gasteiger partial charge in [0, 0.05) is 37.9 Å². The van der Waals surface area contributed by atoms with Crippen molar-refractivity contribution in [2.75, 3.05) is 44.2 Å². The Bertz CT molecular complexity index is 789. The molecule has 5 nitrogen and oxygen atoms in total. The number of rotatable bonds is 5. The molecular weight excluding hydrogens is 345 g/mol. The summed E-state index contributed by atoms with van der Waals surface area (Å²) in [6, 6.07) is 12.2. The molecular formula is C21H26FN3O2. The molecule has 2 aromatic carbocycles. The second-order valence-electron chi connectivity index (χ2n) is 6.73. The van der Waals surface area contributed by atoms with E-state index in [1.165, 1.54) is 28.9 Å². The van der Waals surface area contributed by atoms with Crippen molar-refractivity contribution >= 4 is 11.7 Å². The molecule has 144 valence electrons. The lowest BCUT2D eigenvalue weighted by Gasteiger charge is -2.37. The number of nitrogens with zero attached hydrogens (tertiary/aromatic N) is 2. The summed E-state index contributed by atoms with van der Waals surface area (Å²) in [6.07, 6.45) is 0. The minimum Gasteiger partial charge on any atom is -0.492 e. The molecule has 1 aliphatic heterocycles. The van der Waals surface area contributed by atoms with E-state index in [0.717, 1.165) is 13.1 Å². The normalized spacial score (nSPS) is 14.2. The van der Waals surface area contributed by atoms with Crippen molar-refractivity contribution in [2.24, 2.45) is 0 Å². The third kappa shape index (κ3) is 4.90. The van der Waals surface area contributed by atoms with Gasteiger partial charge in [0.2, 0.25) is 0 Å². The summed E-state index contributed by atoms with van der Waals surface area (Å²) in [7, 11) is 0. The highest BCUT2D eigenvalue weighted by Crippen LogP contribution is 2.23. The lowest BCUT2D eigenvalue weighted by molar-refractivity contribution is 0.191. The van der Waals surface area contributed by atoms with Crippen LogP contribution in [0.2, 0.25) is 0 Å². The number of aryl methyl sites for hydroxylation is 1. The zero-order chi connectivity index (χ0) is 19.2. The average molecular weight is 371 g/mol. The van der Waals surface area contributed by atoms with Crippen molar-refractivity contribution in [3.63, 3.8) is 0 Å². The summed E-state index contributed by atoms with van der Waals surface area (Å²) in [6.45, 7) is 7.95. The van der Waals surface area contributed by atoms with Gasteiger partial charge in [0.15, 0.2) is 0 Å². The molecule has 2 amide bonds. The highest BCUT2D eigenvalue weighted by atomic mass is 19.1. The number of carbonyl (C=O) groups excluding carboxylic acids is 1. The highest BCUT2D eigenvalue weighted by molar-refractivity contribution is 5.74. The fraction of sp³-hybridized carbons (Fsp3) is 0.381. The topological polar surface area (TPSA) is 44.8 Å². The van der Waals surface area contributed by atoms with Gasteiger partial charge >= 0.3 is 6.03 Å². The molecule has 0 aromatic heterocycles. The van der Waals surface area contributed by atoms with Gasteiger partial charge < -0.3 is 19.9 Å². The number of nitrogens with one attached hydrogen (secondary N) is 1. The summed E-state index contributed by atoms with van der Waals surface area (Å²) in [5.74, 6) is 0.129. The van der Waals surface area contributed by atoms with E-state index in [-0.39, 0.29) is 11.8 Å². The number of hydrogen-bond acceptors (Lipinski definition) is 3. The van der Waals surface area contributed by atoms with Crippen LogP contribution in [-0.4, -0.2) is 50.3 Å². The molecule has 1 N–H and O–H groups in total. The van der Waals surface area contributed by atoms with Crippen LogP contribution in [0.15, 0.2) is 42.5 Å². The molecule has 0 unspecified atom stereocenters. The van der Waals surface area contributed by atoms with Gasteiger partial charge in [-0.25, -0.2) is 9.18 Å². The van der Waals surface area contributed by atoms with Crippen molar-refractivity contribution in [1.82, 2.24) is 10.2 Å². The van der Waals surface area contributed by atoms with Gasteiger partial charge in [-0.15, -0.1) is 0 Å². The van der Waals surface area contributed by atoms with E-state index in [0.29, 0.717) is 32.0 Å². The lowest BCUT2D eigenvalue weighted by Crippen LogP contribution is -2.52. The van der Waals surface area contributed by atoms with Gasteiger partial charge in [-0.3, -0.25) is 0 Å². The van der Waals surface area contributed by atoms with Crippen molar-refractivity contribution in [3.05, 3.63) is 59.4 Å². The lowest BCUT2D eigenvalue weighted by atomic mass is 10.1. The Kier molecular flexibility index (Phi) is 6.16. The maximum Gasteiger partial charge on any atom is 0.317 e. The van der Waals surface area contributed by atoms with Crippen LogP contribution in [-0.2, 0) is 0 Å². The van der Waals surface area contributed by atoms with Gasteiger partial charge in [-0.1, -0.05) is 18.2 Å². The standard InChI is InChI=1S/C21H26FN3O2/c1-16-5-3-8-20(17(16)2)24-10-12-25(13-11-24)21(26)23-9-14-27-19-7-4-6-18(22)15-19/h3-8,15H,9-14H2,1-2H3,(H,23,26). The molecule has 1 aliphatic rings. The summed E-state index contributed by atoms with van der Waals surface area (Å²) in [5, 5.41) is 2.86. The van der Waals surface area contributed by atoms with Crippen molar-refractivity contribution < 1.29 is 13.9 Å². The van der Waals surface area contributed by atoms with E-state index in [2.05, 4.69) is 42.3 Å². The van der Waals surface area contributed by atoms with Crippen LogP contribution in [0.1, 0.15) is 11.1 Å². The number of piperazine rings is 1. The quantitative estimate of drug-likeness (QED) is 0.820. The highest BCUT2D eigenvalue weighted by Gasteiger charge is 2.22. The predicted octanol–water partition coefficient (Wildman–Crippen LogP) is 3.35.